The Hall–Kier alpha value is -3.50. The monoisotopic (exact) mass is 572 g/mol. The first-order valence-corrected chi connectivity index (χ1v) is 11.1. The number of rotatable bonds is 6. The van der Waals surface area contributed by atoms with Gasteiger partial charge in [-0.05, 0) is 54.6 Å². The smallest absolute Gasteiger partial charge is 0.329 e. The molecule has 0 bridgehead atoms. The lowest BCUT2D eigenvalue weighted by molar-refractivity contribution is -0.136. The predicted octanol–water partition coefficient (Wildman–Crippen LogP) is 4.56. The van der Waals surface area contributed by atoms with Gasteiger partial charge >= 0.3 is 11.8 Å². The Labute approximate surface area is 206 Å². The van der Waals surface area contributed by atoms with Gasteiger partial charge in [0.15, 0.2) is 0 Å². The Morgan fingerprint density at radius 3 is 2.30 bits per heavy atom. The van der Waals surface area contributed by atoms with Gasteiger partial charge in [-0.3, -0.25) is 14.4 Å². The van der Waals surface area contributed by atoms with E-state index in [1.165, 1.54) is 19.4 Å². The lowest BCUT2D eigenvalue weighted by Gasteiger charge is -2.11. The molecule has 0 radical (unpaired) electrons. The molecule has 0 heterocycles. The summed E-state index contributed by atoms with van der Waals surface area (Å²) in [6, 6.07) is 18.7. The summed E-state index contributed by atoms with van der Waals surface area (Å²) in [5.41, 5.74) is 3.72. The SMILES string of the molecule is COc1ccc(Br)cc1/C=N\NC(=O)C(=O)Nc1ccccc1C(=O)Nc1ccc(Br)cc1. The Balaban J connectivity index is 1.65. The summed E-state index contributed by atoms with van der Waals surface area (Å²) in [5, 5.41) is 8.99. The van der Waals surface area contributed by atoms with Crippen LogP contribution in [-0.4, -0.2) is 31.0 Å². The van der Waals surface area contributed by atoms with Gasteiger partial charge in [0.05, 0.1) is 24.6 Å². The van der Waals surface area contributed by atoms with Crippen LogP contribution in [0.25, 0.3) is 0 Å². The number of nitrogens with zero attached hydrogens (tertiary/aromatic N) is 1. The molecule has 33 heavy (non-hydrogen) atoms. The Kier molecular flexibility index (Phi) is 8.34. The predicted molar refractivity (Wildman–Crippen MR) is 134 cm³/mol. The zero-order valence-corrected chi connectivity index (χ0v) is 20.4. The van der Waals surface area contributed by atoms with E-state index in [1.54, 1.807) is 60.7 Å². The molecule has 0 aliphatic heterocycles. The van der Waals surface area contributed by atoms with Crippen LogP contribution in [0, 0.1) is 0 Å². The largest absolute Gasteiger partial charge is 0.496 e. The van der Waals surface area contributed by atoms with Crippen molar-refractivity contribution in [2.75, 3.05) is 17.7 Å². The number of hydrogen-bond acceptors (Lipinski definition) is 5. The number of carbonyl (C=O) groups excluding carboxylic acids is 3. The Bertz CT molecular complexity index is 1210. The quantitative estimate of drug-likeness (QED) is 0.228. The van der Waals surface area contributed by atoms with Crippen molar-refractivity contribution in [2.45, 2.75) is 0 Å². The number of ether oxygens (including phenoxy) is 1. The van der Waals surface area contributed by atoms with Crippen LogP contribution in [0.15, 0.2) is 80.8 Å². The van der Waals surface area contributed by atoms with Crippen molar-refractivity contribution < 1.29 is 19.1 Å². The zero-order valence-electron chi connectivity index (χ0n) is 17.3. The third kappa shape index (κ3) is 6.74. The molecule has 3 rings (SSSR count). The average molecular weight is 574 g/mol. The highest BCUT2D eigenvalue weighted by atomic mass is 79.9. The van der Waals surface area contributed by atoms with Crippen LogP contribution in [0.4, 0.5) is 11.4 Å². The van der Waals surface area contributed by atoms with Gasteiger partial charge in [-0.25, -0.2) is 5.43 Å². The first-order valence-electron chi connectivity index (χ1n) is 9.51. The standard InChI is InChI=1S/C23H18Br2N4O4/c1-33-20-11-8-16(25)12-14(20)13-26-29-23(32)22(31)28-19-5-3-2-4-18(19)21(30)27-17-9-6-15(24)7-10-17/h2-13H,1H3,(H,27,30)(H,28,31)(H,29,32)/b26-13-. The van der Waals surface area contributed by atoms with Gasteiger partial charge in [0.25, 0.3) is 5.91 Å². The third-order valence-electron chi connectivity index (χ3n) is 4.29. The number of amides is 3. The summed E-state index contributed by atoms with van der Waals surface area (Å²) < 4.78 is 6.90. The maximum absolute atomic E-state index is 12.7. The number of hydrogen-bond donors (Lipinski definition) is 3. The first-order chi connectivity index (χ1) is 15.9. The van der Waals surface area contributed by atoms with E-state index in [0.29, 0.717) is 17.0 Å². The molecule has 0 unspecified atom stereocenters. The molecule has 0 saturated heterocycles. The topological polar surface area (TPSA) is 109 Å². The molecular formula is C23H18Br2N4O4. The molecule has 0 saturated carbocycles. The average Bonchev–Trinajstić information content (AvgIpc) is 2.81. The highest BCUT2D eigenvalue weighted by molar-refractivity contribution is 9.10. The lowest BCUT2D eigenvalue weighted by Crippen LogP contribution is -2.33. The summed E-state index contributed by atoms with van der Waals surface area (Å²) in [6.07, 6.45) is 1.36. The number of benzene rings is 3. The minimum atomic E-state index is -0.997. The molecule has 168 valence electrons. The van der Waals surface area contributed by atoms with Crippen molar-refractivity contribution >= 4 is 67.2 Å². The third-order valence-corrected chi connectivity index (χ3v) is 5.31. The van der Waals surface area contributed by atoms with E-state index in [-0.39, 0.29) is 11.3 Å². The van der Waals surface area contributed by atoms with E-state index in [4.69, 9.17) is 4.74 Å². The number of halogens is 2. The molecule has 3 amide bonds. The highest BCUT2D eigenvalue weighted by Gasteiger charge is 2.18. The second-order valence-electron chi connectivity index (χ2n) is 6.55. The van der Waals surface area contributed by atoms with E-state index >= 15 is 0 Å². The van der Waals surface area contributed by atoms with Crippen LogP contribution in [0.5, 0.6) is 5.75 Å². The summed E-state index contributed by atoms with van der Waals surface area (Å²) >= 11 is 6.68. The van der Waals surface area contributed by atoms with Crippen LogP contribution in [0.3, 0.4) is 0 Å². The fourth-order valence-electron chi connectivity index (χ4n) is 2.72. The minimum absolute atomic E-state index is 0.185. The second-order valence-corrected chi connectivity index (χ2v) is 8.38. The molecule has 3 aromatic rings. The van der Waals surface area contributed by atoms with Crippen LogP contribution < -0.4 is 20.8 Å². The van der Waals surface area contributed by atoms with E-state index in [2.05, 4.69) is 53.0 Å². The number of carbonyl (C=O) groups is 3. The van der Waals surface area contributed by atoms with Crippen molar-refractivity contribution in [1.29, 1.82) is 0 Å². The maximum atomic E-state index is 12.7. The van der Waals surface area contributed by atoms with Gasteiger partial charge in [-0.2, -0.15) is 5.10 Å². The van der Waals surface area contributed by atoms with Crippen LogP contribution in [-0.2, 0) is 9.59 Å². The molecule has 0 aromatic heterocycles. The number of nitrogens with one attached hydrogen (secondary N) is 3. The number of anilines is 2. The second kappa shape index (κ2) is 11.4. The van der Waals surface area contributed by atoms with E-state index in [0.717, 1.165) is 8.95 Å². The molecule has 0 spiro atoms. The number of methoxy groups -OCH3 is 1. The Morgan fingerprint density at radius 2 is 1.58 bits per heavy atom. The van der Waals surface area contributed by atoms with Crippen LogP contribution in [0.2, 0.25) is 0 Å². The van der Waals surface area contributed by atoms with Gasteiger partial charge in [0.1, 0.15) is 5.75 Å². The van der Waals surface area contributed by atoms with Crippen molar-refractivity contribution in [3.63, 3.8) is 0 Å². The van der Waals surface area contributed by atoms with Gasteiger partial charge in [-0.15, -0.1) is 0 Å². The van der Waals surface area contributed by atoms with E-state index in [9.17, 15) is 14.4 Å². The maximum Gasteiger partial charge on any atom is 0.329 e. The number of para-hydroxylation sites is 1. The van der Waals surface area contributed by atoms with Gasteiger partial charge in [0.2, 0.25) is 0 Å². The fraction of sp³-hybridized carbons (Fsp3) is 0.0435. The fourth-order valence-corrected chi connectivity index (χ4v) is 3.36. The lowest BCUT2D eigenvalue weighted by atomic mass is 10.1. The van der Waals surface area contributed by atoms with E-state index in [1.807, 2.05) is 0 Å². The minimum Gasteiger partial charge on any atom is -0.496 e. The van der Waals surface area contributed by atoms with Crippen molar-refractivity contribution in [2.24, 2.45) is 5.10 Å². The zero-order chi connectivity index (χ0) is 23.8. The van der Waals surface area contributed by atoms with Crippen molar-refractivity contribution in [3.05, 3.63) is 86.8 Å². The first kappa shape index (κ1) is 24.1. The van der Waals surface area contributed by atoms with Gasteiger partial charge < -0.3 is 15.4 Å². The molecule has 3 aromatic carbocycles. The summed E-state index contributed by atoms with van der Waals surface area (Å²) in [7, 11) is 1.51. The molecule has 0 atom stereocenters. The van der Waals surface area contributed by atoms with Gasteiger partial charge in [-0.1, -0.05) is 44.0 Å². The van der Waals surface area contributed by atoms with Gasteiger partial charge in [0, 0.05) is 20.2 Å². The van der Waals surface area contributed by atoms with Crippen molar-refractivity contribution in [3.8, 4) is 5.75 Å². The molecule has 0 aliphatic carbocycles. The van der Waals surface area contributed by atoms with Crippen LogP contribution >= 0.6 is 31.9 Å². The molecular weight excluding hydrogens is 556 g/mol. The summed E-state index contributed by atoms with van der Waals surface area (Å²) in [4.78, 5) is 37.2. The Morgan fingerprint density at radius 1 is 0.879 bits per heavy atom. The number of hydrazone groups is 1. The summed E-state index contributed by atoms with van der Waals surface area (Å²) in [6.45, 7) is 0. The highest BCUT2D eigenvalue weighted by Crippen LogP contribution is 2.21. The molecule has 0 fully saturated rings. The summed E-state index contributed by atoms with van der Waals surface area (Å²) in [5.74, 6) is -1.86. The molecule has 8 nitrogen and oxygen atoms in total. The molecule has 3 N–H and O–H groups in total. The molecule has 10 heteroatoms. The van der Waals surface area contributed by atoms with E-state index < -0.39 is 17.7 Å². The normalized spacial score (nSPS) is 10.5. The van der Waals surface area contributed by atoms with Crippen LogP contribution in [0.1, 0.15) is 15.9 Å². The van der Waals surface area contributed by atoms with Crippen molar-refractivity contribution in [1.82, 2.24) is 5.43 Å². The molecule has 0 aliphatic rings.